The van der Waals surface area contributed by atoms with E-state index in [1.807, 2.05) is 0 Å². The molecule has 0 unspecified atom stereocenters. The SMILES string of the molecule is CC(C)(C)c1ccc(N(c2ccc(C(C)(C)C)cc2)c2ccc3c(c2)N(c2ccc4c(c2)oc2ccccc24)c2cc(N(c4ccccc4)c4ccccc4)cc4c2B3c2cc(C(C)(C)C)cc3c2N4c2cc(C(C)(C)C)cc4c5cc(C(C)(C)C)ccc5n-3c24)cc1. The lowest BCUT2D eigenvalue weighted by atomic mass is 9.33. The number of anilines is 12. The predicted octanol–water partition coefficient (Wildman–Crippen LogP) is 22.5. The van der Waals surface area contributed by atoms with Crippen LogP contribution in [0.15, 0.2) is 229 Å². The zero-order valence-corrected chi connectivity index (χ0v) is 56.6. The highest BCUT2D eigenvalue weighted by molar-refractivity contribution is 7.00. The van der Waals surface area contributed by atoms with Crippen LogP contribution in [-0.4, -0.2) is 11.3 Å². The molecular formula is C86H82BN5O. The Bertz CT molecular complexity index is 5080. The van der Waals surface area contributed by atoms with Crippen molar-refractivity contribution < 1.29 is 4.42 Å². The van der Waals surface area contributed by atoms with Crippen molar-refractivity contribution in [3.63, 3.8) is 0 Å². The molecule has 5 heterocycles. The van der Waals surface area contributed by atoms with Crippen LogP contribution in [0.5, 0.6) is 0 Å². The molecule has 2 aromatic heterocycles. The van der Waals surface area contributed by atoms with Crippen molar-refractivity contribution in [3.05, 3.63) is 252 Å². The summed E-state index contributed by atoms with van der Waals surface area (Å²) in [6.45, 7) is 34.9. The lowest BCUT2D eigenvalue weighted by molar-refractivity contribution is 0.590. The Morgan fingerprint density at radius 2 is 0.796 bits per heavy atom. The lowest BCUT2D eigenvalue weighted by Crippen LogP contribution is -2.62. The van der Waals surface area contributed by atoms with E-state index in [9.17, 15) is 0 Å². The highest BCUT2D eigenvalue weighted by Crippen LogP contribution is 2.56. The fourth-order valence-electron chi connectivity index (χ4n) is 15.0. The monoisotopic (exact) mass is 1210 g/mol. The molecular weight excluding hydrogens is 1130 g/mol. The maximum atomic E-state index is 6.91. The van der Waals surface area contributed by atoms with Gasteiger partial charge in [0.25, 0.3) is 6.71 Å². The maximum absolute atomic E-state index is 6.91. The van der Waals surface area contributed by atoms with Crippen molar-refractivity contribution in [2.24, 2.45) is 0 Å². The Kier molecular flexibility index (Phi) is 12.8. The van der Waals surface area contributed by atoms with Gasteiger partial charge in [-0.25, -0.2) is 0 Å². The van der Waals surface area contributed by atoms with E-state index in [0.29, 0.717) is 0 Å². The number of aromatic nitrogens is 1. The second-order valence-electron chi connectivity index (χ2n) is 31.6. The van der Waals surface area contributed by atoms with Crippen molar-refractivity contribution >= 4 is 135 Å². The smallest absolute Gasteiger partial charge is 0.252 e. The summed E-state index contributed by atoms with van der Waals surface area (Å²) in [5.74, 6) is 0. The van der Waals surface area contributed by atoms with Gasteiger partial charge in [0, 0.05) is 78.8 Å². The van der Waals surface area contributed by atoms with Gasteiger partial charge in [-0.15, -0.1) is 0 Å². The quantitative estimate of drug-likeness (QED) is 0.148. The number of hydrogen-bond donors (Lipinski definition) is 0. The van der Waals surface area contributed by atoms with E-state index in [1.54, 1.807) is 0 Å². The molecule has 0 amide bonds. The third-order valence-electron chi connectivity index (χ3n) is 20.2. The Morgan fingerprint density at radius 3 is 1.40 bits per heavy atom. The van der Waals surface area contributed by atoms with Crippen molar-refractivity contribution in [1.82, 2.24) is 4.57 Å². The molecule has 3 aliphatic heterocycles. The van der Waals surface area contributed by atoms with Crippen molar-refractivity contribution in [2.45, 2.75) is 131 Å². The Balaban J connectivity index is 1.06. The molecule has 0 bridgehead atoms. The van der Waals surface area contributed by atoms with E-state index in [1.165, 1.54) is 83.1 Å². The number of furan rings is 1. The molecule has 93 heavy (non-hydrogen) atoms. The van der Waals surface area contributed by atoms with Crippen LogP contribution in [0.2, 0.25) is 0 Å². The van der Waals surface area contributed by atoms with E-state index < -0.39 is 0 Å². The molecule has 460 valence electrons. The number of benzene rings is 11. The van der Waals surface area contributed by atoms with Gasteiger partial charge < -0.3 is 28.6 Å². The molecule has 11 aromatic carbocycles. The van der Waals surface area contributed by atoms with Gasteiger partial charge in [0.1, 0.15) is 11.2 Å². The normalized spacial score (nSPS) is 13.7. The highest BCUT2D eigenvalue weighted by atomic mass is 16.3. The summed E-state index contributed by atoms with van der Waals surface area (Å²) < 4.78 is 9.55. The van der Waals surface area contributed by atoms with E-state index in [4.69, 9.17) is 4.42 Å². The van der Waals surface area contributed by atoms with Crippen LogP contribution in [0.1, 0.15) is 132 Å². The standard InChI is InChI=1S/C86H82BN5O/c1-82(2,3)53-30-35-60(36-31-53)88(61-37-32-54(33-38-61)83(4,5)6)62-40-42-69-72(49-62)90(63-39-41-66-65-28-22-23-29-77(65)93-78(66)52-63)73-50-64(89(58-24-18-16-19-25-58)59-26-20-17-21-27-59)51-74-79(73)87(69)70-46-57(86(13,14)15)48-76-81(70)92(74)75-47-56(85(10,11)12)45-68-67-44-55(84(7,8)9)34-43-71(67)91(76)80(68)75/h16-52H,1-15H3. The van der Waals surface area contributed by atoms with Gasteiger partial charge in [-0.3, -0.25) is 0 Å². The lowest BCUT2D eigenvalue weighted by Gasteiger charge is -2.47. The molecule has 0 spiro atoms. The van der Waals surface area contributed by atoms with E-state index in [2.05, 4.69) is 352 Å². The first-order valence-corrected chi connectivity index (χ1v) is 33.3. The van der Waals surface area contributed by atoms with Crippen LogP contribution in [0.3, 0.4) is 0 Å². The fraction of sp³-hybridized carbons (Fsp3) is 0.233. The Labute approximate surface area is 549 Å². The highest BCUT2D eigenvalue weighted by Gasteiger charge is 2.48. The molecule has 7 heteroatoms. The molecule has 0 saturated carbocycles. The Morgan fingerprint density at radius 1 is 0.312 bits per heavy atom. The minimum absolute atomic E-state index is 0.0149. The molecule has 0 radical (unpaired) electrons. The maximum Gasteiger partial charge on any atom is 0.252 e. The van der Waals surface area contributed by atoms with Crippen LogP contribution < -0.4 is 36.0 Å². The van der Waals surface area contributed by atoms with Crippen LogP contribution in [0.4, 0.5) is 68.2 Å². The first-order valence-electron chi connectivity index (χ1n) is 33.3. The van der Waals surface area contributed by atoms with Gasteiger partial charge in [-0.1, -0.05) is 201 Å². The summed E-state index contributed by atoms with van der Waals surface area (Å²) in [6.07, 6.45) is 0. The first-order chi connectivity index (χ1) is 44.3. The van der Waals surface area contributed by atoms with Gasteiger partial charge in [0.15, 0.2) is 0 Å². The number of rotatable bonds is 7. The predicted molar refractivity (Wildman–Crippen MR) is 399 cm³/mol. The zero-order chi connectivity index (χ0) is 64.6. The minimum Gasteiger partial charge on any atom is -0.456 e. The summed E-state index contributed by atoms with van der Waals surface area (Å²) in [5.41, 5.74) is 28.5. The number of fused-ring (bicyclic) bond motifs is 12. The summed E-state index contributed by atoms with van der Waals surface area (Å²) >= 11 is 0. The van der Waals surface area contributed by atoms with Crippen LogP contribution in [0.25, 0.3) is 49.4 Å². The number of nitrogens with zero attached hydrogens (tertiary/aromatic N) is 5. The summed E-state index contributed by atoms with van der Waals surface area (Å²) in [7, 11) is 0. The number of para-hydroxylation sites is 3. The average molecular weight is 1210 g/mol. The Hall–Kier alpha value is -9.72. The van der Waals surface area contributed by atoms with Crippen LogP contribution in [0, 0.1) is 0 Å². The number of hydrogen-bond acceptors (Lipinski definition) is 5. The first kappa shape index (κ1) is 58.4. The van der Waals surface area contributed by atoms with E-state index in [0.717, 1.165) is 78.8 Å². The molecule has 16 rings (SSSR count). The van der Waals surface area contributed by atoms with Crippen molar-refractivity contribution in [1.29, 1.82) is 0 Å². The second kappa shape index (κ2) is 20.4. The molecule has 6 nitrogen and oxygen atoms in total. The molecule has 0 aliphatic carbocycles. The zero-order valence-electron chi connectivity index (χ0n) is 56.6. The van der Waals surface area contributed by atoms with E-state index in [-0.39, 0.29) is 33.8 Å². The molecule has 13 aromatic rings. The summed E-state index contributed by atoms with van der Waals surface area (Å²) in [5, 5.41) is 4.76. The van der Waals surface area contributed by atoms with Gasteiger partial charge in [0.2, 0.25) is 0 Å². The minimum atomic E-state index is -0.200. The molecule has 3 aliphatic rings. The second-order valence-corrected chi connectivity index (χ2v) is 31.6. The average Bonchev–Trinajstić information content (AvgIpc) is 1.67. The third kappa shape index (κ3) is 9.34. The van der Waals surface area contributed by atoms with Crippen LogP contribution in [-0.2, 0) is 27.1 Å². The van der Waals surface area contributed by atoms with Crippen molar-refractivity contribution in [3.8, 4) is 5.69 Å². The molecule has 0 saturated heterocycles. The van der Waals surface area contributed by atoms with E-state index >= 15 is 0 Å². The largest absolute Gasteiger partial charge is 0.456 e. The summed E-state index contributed by atoms with van der Waals surface area (Å²) in [4.78, 5) is 10.2. The molecule has 0 atom stereocenters. The molecule has 0 N–H and O–H groups in total. The fourth-order valence-corrected chi connectivity index (χ4v) is 15.0. The third-order valence-corrected chi connectivity index (χ3v) is 20.2. The van der Waals surface area contributed by atoms with Crippen molar-refractivity contribution in [2.75, 3.05) is 19.6 Å². The summed E-state index contributed by atoms with van der Waals surface area (Å²) in [6, 6.07) is 85.6. The topological polar surface area (TPSA) is 31.0 Å². The molecule has 0 fully saturated rings. The van der Waals surface area contributed by atoms with Gasteiger partial charge >= 0.3 is 0 Å². The van der Waals surface area contributed by atoms with Crippen LogP contribution >= 0.6 is 0 Å². The van der Waals surface area contributed by atoms with Gasteiger partial charge in [0.05, 0.1) is 33.8 Å². The van der Waals surface area contributed by atoms with Gasteiger partial charge in [-0.05, 0) is 193 Å². The van der Waals surface area contributed by atoms with Gasteiger partial charge in [-0.2, -0.15) is 0 Å².